The van der Waals surface area contributed by atoms with Crippen LogP contribution in [-0.4, -0.2) is 37.9 Å². The molecule has 4 rings (SSSR count). The fraction of sp³-hybridized carbons (Fsp3) is 0.211. The molecule has 4 heterocycles. The summed E-state index contributed by atoms with van der Waals surface area (Å²) in [6.07, 6.45) is 6.20. The summed E-state index contributed by atoms with van der Waals surface area (Å²) in [6.45, 7) is 3.81. The Bertz CT molecular complexity index is 1210. The maximum absolute atomic E-state index is 12.6. The molecule has 11 heteroatoms. The lowest BCUT2D eigenvalue weighted by Gasteiger charge is -2.16. The Kier molecular flexibility index (Phi) is 5.62. The number of amides is 2. The lowest BCUT2D eigenvalue weighted by Crippen LogP contribution is -2.21. The van der Waals surface area contributed by atoms with E-state index in [-0.39, 0.29) is 6.10 Å². The molecule has 0 saturated heterocycles. The Morgan fingerprint density at radius 2 is 2.13 bits per heavy atom. The van der Waals surface area contributed by atoms with E-state index in [9.17, 15) is 4.79 Å². The van der Waals surface area contributed by atoms with E-state index < -0.39 is 6.03 Å². The summed E-state index contributed by atoms with van der Waals surface area (Å²) < 4.78 is 7.03. The Hall–Kier alpha value is -3.08. The molecule has 0 unspecified atom stereocenters. The molecular formula is C19H18ClN7O2S. The van der Waals surface area contributed by atoms with Crippen LogP contribution >= 0.6 is 22.9 Å². The van der Waals surface area contributed by atoms with E-state index in [4.69, 9.17) is 16.3 Å². The first kappa shape index (κ1) is 20.2. The zero-order valence-corrected chi connectivity index (χ0v) is 18.0. The van der Waals surface area contributed by atoms with Gasteiger partial charge in [-0.05, 0) is 26.0 Å². The first-order valence-corrected chi connectivity index (χ1v) is 10.2. The number of methoxy groups -OCH3 is 1. The predicted molar refractivity (Wildman–Crippen MR) is 117 cm³/mol. The summed E-state index contributed by atoms with van der Waals surface area (Å²) in [4.78, 5) is 26.6. The molecule has 4 aromatic rings. The number of anilines is 2. The molecule has 2 N–H and O–H groups in total. The number of fused-ring (bicyclic) bond motifs is 1. The number of ether oxygens (including phenoxy) is 1. The summed E-state index contributed by atoms with van der Waals surface area (Å²) in [5.41, 5.74) is 2.45. The second-order valence-corrected chi connectivity index (χ2v) is 8.00. The number of thiazole rings is 1. The zero-order chi connectivity index (χ0) is 21.3. The molecule has 4 aromatic heterocycles. The van der Waals surface area contributed by atoms with Crippen molar-refractivity contribution in [2.24, 2.45) is 0 Å². The third kappa shape index (κ3) is 3.97. The molecule has 9 nitrogen and oxygen atoms in total. The largest absolute Gasteiger partial charge is 0.377 e. The van der Waals surface area contributed by atoms with E-state index in [1.807, 2.05) is 13.8 Å². The number of urea groups is 1. The molecule has 0 aromatic carbocycles. The second kappa shape index (κ2) is 8.34. The molecule has 154 valence electrons. The molecule has 30 heavy (non-hydrogen) atoms. The van der Waals surface area contributed by atoms with Gasteiger partial charge in [0, 0.05) is 25.1 Å². The van der Waals surface area contributed by atoms with Gasteiger partial charge in [0.05, 0.1) is 39.9 Å². The summed E-state index contributed by atoms with van der Waals surface area (Å²) in [5, 5.41) is 10.9. The molecule has 0 bridgehead atoms. The fourth-order valence-corrected chi connectivity index (χ4v) is 4.00. The number of hydrogen-bond acceptors (Lipinski definition) is 7. The van der Waals surface area contributed by atoms with E-state index >= 15 is 0 Å². The summed E-state index contributed by atoms with van der Waals surface area (Å²) in [6, 6.07) is 2.91. The van der Waals surface area contributed by atoms with E-state index in [0.717, 1.165) is 20.9 Å². The predicted octanol–water partition coefficient (Wildman–Crippen LogP) is 4.59. The van der Waals surface area contributed by atoms with Gasteiger partial charge in [0.25, 0.3) is 0 Å². The van der Waals surface area contributed by atoms with Gasteiger partial charge in [0.15, 0.2) is 5.82 Å². The van der Waals surface area contributed by atoms with Crippen molar-refractivity contribution in [2.75, 3.05) is 17.7 Å². The first-order valence-electron chi connectivity index (χ1n) is 8.98. The maximum Gasteiger partial charge on any atom is 0.323 e. The van der Waals surface area contributed by atoms with Crippen molar-refractivity contribution in [1.82, 2.24) is 24.7 Å². The van der Waals surface area contributed by atoms with Crippen molar-refractivity contribution in [3.05, 3.63) is 52.5 Å². The van der Waals surface area contributed by atoms with Gasteiger partial charge in [-0.15, -0.1) is 0 Å². The van der Waals surface area contributed by atoms with Crippen LogP contribution in [0.4, 0.5) is 16.2 Å². The van der Waals surface area contributed by atoms with Crippen molar-refractivity contribution in [3.8, 4) is 5.82 Å². The Morgan fingerprint density at radius 3 is 2.83 bits per heavy atom. The van der Waals surface area contributed by atoms with Crippen LogP contribution in [-0.2, 0) is 4.74 Å². The molecule has 0 aliphatic heterocycles. The minimum absolute atomic E-state index is 0.281. The number of rotatable bonds is 5. The Labute approximate surface area is 181 Å². The summed E-state index contributed by atoms with van der Waals surface area (Å²) in [7, 11) is 1.61. The SMILES string of the molecule is CO[C@@H](C)c1c(NC(=O)Nc2cnc(-n3cccn3)c(Cl)c2)cnc2sc(C)nc12. The van der Waals surface area contributed by atoms with Crippen LogP contribution in [0.1, 0.15) is 23.6 Å². The van der Waals surface area contributed by atoms with Gasteiger partial charge in [-0.25, -0.2) is 24.4 Å². The van der Waals surface area contributed by atoms with E-state index in [2.05, 4.69) is 30.7 Å². The van der Waals surface area contributed by atoms with Crippen molar-refractivity contribution in [2.45, 2.75) is 20.0 Å². The molecule has 2 amide bonds. The quantitative estimate of drug-likeness (QED) is 0.467. The highest BCUT2D eigenvalue weighted by molar-refractivity contribution is 7.18. The van der Waals surface area contributed by atoms with Crippen molar-refractivity contribution >= 4 is 50.7 Å². The van der Waals surface area contributed by atoms with Gasteiger partial charge >= 0.3 is 6.03 Å². The first-order chi connectivity index (χ1) is 14.5. The Morgan fingerprint density at radius 1 is 1.30 bits per heavy atom. The molecule has 0 aliphatic carbocycles. The van der Waals surface area contributed by atoms with Gasteiger partial charge < -0.3 is 15.4 Å². The maximum atomic E-state index is 12.6. The van der Waals surface area contributed by atoms with E-state index in [1.54, 1.807) is 42.5 Å². The monoisotopic (exact) mass is 443 g/mol. The van der Waals surface area contributed by atoms with Crippen LogP contribution < -0.4 is 10.6 Å². The van der Waals surface area contributed by atoms with Gasteiger partial charge in [0.1, 0.15) is 10.3 Å². The highest BCUT2D eigenvalue weighted by Gasteiger charge is 2.20. The van der Waals surface area contributed by atoms with Crippen LogP contribution in [0.15, 0.2) is 36.9 Å². The molecule has 0 spiro atoms. The van der Waals surface area contributed by atoms with Crippen LogP contribution in [0.3, 0.4) is 0 Å². The number of halogens is 1. The molecular weight excluding hydrogens is 426 g/mol. The van der Waals surface area contributed by atoms with Crippen molar-refractivity contribution < 1.29 is 9.53 Å². The molecule has 0 saturated carbocycles. The van der Waals surface area contributed by atoms with Crippen LogP contribution in [0.5, 0.6) is 0 Å². The Balaban J connectivity index is 1.57. The average Bonchev–Trinajstić information content (AvgIpc) is 3.36. The molecule has 0 fully saturated rings. The standard InChI is InChI=1S/C19H18ClN7O2S/c1-10(29-3)15-14(9-22-18-16(15)24-11(2)30-18)26-19(28)25-12-7-13(20)17(21-8-12)27-6-4-5-23-27/h4-10H,1-3H3,(H2,25,26,28)/t10-/m0/s1. The highest BCUT2D eigenvalue weighted by atomic mass is 35.5. The summed E-state index contributed by atoms with van der Waals surface area (Å²) in [5.74, 6) is 0.470. The van der Waals surface area contributed by atoms with Crippen molar-refractivity contribution in [1.29, 1.82) is 0 Å². The van der Waals surface area contributed by atoms with Crippen LogP contribution in [0, 0.1) is 6.92 Å². The van der Waals surface area contributed by atoms with E-state index in [1.165, 1.54) is 17.5 Å². The topological polar surface area (TPSA) is 107 Å². The second-order valence-electron chi connectivity index (χ2n) is 6.41. The smallest absolute Gasteiger partial charge is 0.323 e. The average molecular weight is 444 g/mol. The van der Waals surface area contributed by atoms with Gasteiger partial charge in [-0.2, -0.15) is 5.10 Å². The third-order valence-electron chi connectivity index (χ3n) is 4.38. The number of pyridine rings is 2. The number of nitrogens with one attached hydrogen (secondary N) is 2. The van der Waals surface area contributed by atoms with Crippen molar-refractivity contribution in [3.63, 3.8) is 0 Å². The number of aromatic nitrogens is 5. The van der Waals surface area contributed by atoms with Crippen LogP contribution in [0.25, 0.3) is 16.2 Å². The lowest BCUT2D eigenvalue weighted by atomic mass is 10.1. The lowest BCUT2D eigenvalue weighted by molar-refractivity contribution is 0.121. The summed E-state index contributed by atoms with van der Waals surface area (Å²) >= 11 is 7.78. The van der Waals surface area contributed by atoms with Crippen LogP contribution in [0.2, 0.25) is 5.02 Å². The van der Waals surface area contributed by atoms with Gasteiger partial charge in [0.2, 0.25) is 0 Å². The molecule has 1 atom stereocenters. The highest BCUT2D eigenvalue weighted by Crippen LogP contribution is 2.33. The minimum atomic E-state index is -0.461. The zero-order valence-electron chi connectivity index (χ0n) is 16.4. The van der Waals surface area contributed by atoms with E-state index in [0.29, 0.717) is 22.2 Å². The minimum Gasteiger partial charge on any atom is -0.377 e. The number of hydrogen-bond donors (Lipinski definition) is 2. The fourth-order valence-electron chi connectivity index (χ4n) is 2.97. The number of carbonyl (C=O) groups excluding carboxylic acids is 1. The normalized spacial score (nSPS) is 12.1. The van der Waals surface area contributed by atoms with Gasteiger partial charge in [-0.1, -0.05) is 22.9 Å². The van der Waals surface area contributed by atoms with Gasteiger partial charge in [-0.3, -0.25) is 0 Å². The number of nitrogens with zero attached hydrogens (tertiary/aromatic N) is 5. The third-order valence-corrected chi connectivity index (χ3v) is 5.54. The number of carbonyl (C=O) groups is 1. The number of aryl methyl sites for hydroxylation is 1. The molecule has 0 aliphatic rings. The molecule has 0 radical (unpaired) electrons.